The number of amides is 1. The highest BCUT2D eigenvalue weighted by molar-refractivity contribution is 5.91. The van der Waals surface area contributed by atoms with Crippen molar-refractivity contribution < 1.29 is 23.1 Å². The van der Waals surface area contributed by atoms with E-state index < -0.39 is 0 Å². The number of piperazine rings is 1. The summed E-state index contributed by atoms with van der Waals surface area (Å²) in [6.45, 7) is 4.02. The van der Waals surface area contributed by atoms with Crippen molar-refractivity contribution in [2.45, 2.75) is 19.6 Å². The van der Waals surface area contributed by atoms with Gasteiger partial charge < -0.3 is 23.7 Å². The Hall–Kier alpha value is -4.30. The molecule has 0 spiro atoms. The first-order valence-electron chi connectivity index (χ1n) is 13.4. The van der Waals surface area contributed by atoms with Gasteiger partial charge in [-0.3, -0.25) is 9.69 Å². The number of carbonyl (C=O) groups is 1. The number of para-hydroxylation sites is 1. The lowest BCUT2D eigenvalue weighted by Gasteiger charge is -2.35. The number of nitrogens with zero attached hydrogens (tertiary/aromatic N) is 3. The van der Waals surface area contributed by atoms with Gasteiger partial charge in [0.2, 0.25) is 0 Å². The van der Waals surface area contributed by atoms with E-state index in [1.165, 1.54) is 11.6 Å². The first-order chi connectivity index (χ1) is 19.5. The molecular formula is C32H34FN3O4. The van der Waals surface area contributed by atoms with E-state index in [1.807, 2.05) is 53.4 Å². The van der Waals surface area contributed by atoms with Crippen molar-refractivity contribution in [2.75, 3.05) is 45.3 Å². The number of rotatable bonds is 10. The fourth-order valence-corrected chi connectivity index (χ4v) is 5.06. The normalized spacial score (nSPS) is 13.5. The molecule has 4 aromatic rings. The van der Waals surface area contributed by atoms with E-state index in [-0.39, 0.29) is 11.7 Å². The molecule has 1 fully saturated rings. The topological polar surface area (TPSA) is 58.4 Å². The Morgan fingerprint density at radius 3 is 2.23 bits per heavy atom. The van der Waals surface area contributed by atoms with Crippen molar-refractivity contribution >= 4 is 11.6 Å². The van der Waals surface area contributed by atoms with Gasteiger partial charge in [-0.15, -0.1) is 0 Å². The molecule has 5 rings (SSSR count). The fraction of sp³-hybridized carbons (Fsp3) is 0.281. The quantitative estimate of drug-likeness (QED) is 0.260. The average Bonchev–Trinajstić information content (AvgIpc) is 3.46. The number of hydrogen-bond acceptors (Lipinski definition) is 6. The van der Waals surface area contributed by atoms with E-state index in [4.69, 9.17) is 13.9 Å². The van der Waals surface area contributed by atoms with Crippen LogP contribution >= 0.6 is 0 Å². The standard InChI is InChI=1S/C32H34FN3O4/c1-38-29-14-12-25(20-31(29)39-2)22-34(21-24-8-4-3-5-9-24)23-26-13-15-30(40-26)32(37)36-18-16-35(17-19-36)28-11-7-6-10-27(28)33/h3-15,20H,16-19,21-23H2,1-2H3. The van der Waals surface area contributed by atoms with Gasteiger partial charge in [-0.2, -0.15) is 0 Å². The zero-order chi connectivity index (χ0) is 27.9. The van der Waals surface area contributed by atoms with Crippen LogP contribution in [-0.2, 0) is 19.6 Å². The van der Waals surface area contributed by atoms with Crippen molar-refractivity contribution in [3.63, 3.8) is 0 Å². The largest absolute Gasteiger partial charge is 0.493 e. The molecule has 1 aliphatic rings. The van der Waals surface area contributed by atoms with Gasteiger partial charge in [0.15, 0.2) is 17.3 Å². The predicted octanol–water partition coefficient (Wildman–Crippen LogP) is 5.60. The molecule has 0 radical (unpaired) electrons. The first kappa shape index (κ1) is 27.3. The van der Waals surface area contributed by atoms with Crippen LogP contribution in [0.15, 0.2) is 89.3 Å². The molecule has 40 heavy (non-hydrogen) atoms. The van der Waals surface area contributed by atoms with Gasteiger partial charge in [-0.1, -0.05) is 48.5 Å². The molecule has 3 aromatic carbocycles. The smallest absolute Gasteiger partial charge is 0.289 e. The van der Waals surface area contributed by atoms with Gasteiger partial charge >= 0.3 is 0 Å². The number of halogens is 1. The summed E-state index contributed by atoms with van der Waals surface area (Å²) in [5.74, 6) is 2.01. The Balaban J connectivity index is 1.26. The molecule has 0 atom stereocenters. The number of hydrogen-bond donors (Lipinski definition) is 0. The van der Waals surface area contributed by atoms with Gasteiger partial charge in [0.05, 0.1) is 26.5 Å². The number of furan rings is 1. The molecule has 0 unspecified atom stereocenters. The molecule has 1 amide bonds. The highest BCUT2D eigenvalue weighted by Gasteiger charge is 2.25. The Bertz CT molecular complexity index is 1420. The van der Waals surface area contributed by atoms with E-state index >= 15 is 0 Å². The average molecular weight is 544 g/mol. The van der Waals surface area contributed by atoms with Gasteiger partial charge in [0.1, 0.15) is 11.6 Å². The molecule has 0 N–H and O–H groups in total. The Kier molecular flexibility index (Phi) is 8.66. The highest BCUT2D eigenvalue weighted by Crippen LogP contribution is 2.29. The second-order valence-electron chi connectivity index (χ2n) is 9.82. The third-order valence-corrected chi connectivity index (χ3v) is 7.12. The molecule has 1 aromatic heterocycles. The van der Waals surface area contributed by atoms with E-state index in [0.29, 0.717) is 74.5 Å². The minimum atomic E-state index is -0.244. The summed E-state index contributed by atoms with van der Waals surface area (Å²) < 4.78 is 31.1. The van der Waals surface area contributed by atoms with E-state index in [2.05, 4.69) is 17.0 Å². The minimum Gasteiger partial charge on any atom is -0.493 e. The second-order valence-corrected chi connectivity index (χ2v) is 9.82. The van der Waals surface area contributed by atoms with Crippen molar-refractivity contribution in [1.82, 2.24) is 9.80 Å². The zero-order valence-corrected chi connectivity index (χ0v) is 22.9. The maximum atomic E-state index is 14.2. The molecular weight excluding hydrogens is 509 g/mol. The number of ether oxygens (including phenoxy) is 2. The van der Waals surface area contributed by atoms with Crippen molar-refractivity contribution in [1.29, 1.82) is 0 Å². The number of benzene rings is 3. The lowest BCUT2D eigenvalue weighted by atomic mass is 10.1. The van der Waals surface area contributed by atoms with Crippen LogP contribution in [0.25, 0.3) is 0 Å². The molecule has 2 heterocycles. The van der Waals surface area contributed by atoms with E-state index in [0.717, 1.165) is 5.56 Å². The molecule has 208 valence electrons. The SMILES string of the molecule is COc1ccc(CN(Cc2ccccc2)Cc2ccc(C(=O)N3CCN(c4ccccc4F)CC3)o2)cc1OC. The number of methoxy groups -OCH3 is 2. The zero-order valence-electron chi connectivity index (χ0n) is 22.9. The van der Waals surface area contributed by atoms with Gasteiger partial charge in [0, 0.05) is 39.3 Å². The summed E-state index contributed by atoms with van der Waals surface area (Å²) in [4.78, 5) is 19.2. The summed E-state index contributed by atoms with van der Waals surface area (Å²) in [6.07, 6.45) is 0. The third-order valence-electron chi connectivity index (χ3n) is 7.12. The van der Waals surface area contributed by atoms with Crippen molar-refractivity contribution in [2.24, 2.45) is 0 Å². The molecule has 8 heteroatoms. The molecule has 0 bridgehead atoms. The first-order valence-corrected chi connectivity index (χ1v) is 13.4. The van der Waals surface area contributed by atoms with Gasteiger partial charge in [-0.05, 0) is 47.5 Å². The van der Waals surface area contributed by atoms with Crippen LogP contribution in [-0.4, -0.2) is 56.1 Å². The molecule has 1 saturated heterocycles. The maximum absolute atomic E-state index is 14.2. The summed E-state index contributed by atoms with van der Waals surface area (Å²) in [5, 5.41) is 0. The molecule has 7 nitrogen and oxygen atoms in total. The highest BCUT2D eigenvalue weighted by atomic mass is 19.1. The summed E-state index contributed by atoms with van der Waals surface area (Å²) in [6, 6.07) is 26.5. The van der Waals surface area contributed by atoms with Crippen molar-refractivity contribution in [3.05, 3.63) is 113 Å². The fourth-order valence-electron chi connectivity index (χ4n) is 5.06. The number of carbonyl (C=O) groups excluding carboxylic acids is 1. The predicted molar refractivity (Wildman–Crippen MR) is 152 cm³/mol. The maximum Gasteiger partial charge on any atom is 0.289 e. The molecule has 0 aliphatic carbocycles. The van der Waals surface area contributed by atoms with Crippen LogP contribution in [0, 0.1) is 5.82 Å². The van der Waals surface area contributed by atoms with Crippen LogP contribution in [0.1, 0.15) is 27.4 Å². The third kappa shape index (κ3) is 6.46. The second kappa shape index (κ2) is 12.7. The van der Waals surface area contributed by atoms with Crippen LogP contribution in [0.3, 0.4) is 0 Å². The molecule has 1 aliphatic heterocycles. The van der Waals surface area contributed by atoms with Gasteiger partial charge in [0.25, 0.3) is 5.91 Å². The monoisotopic (exact) mass is 543 g/mol. The Morgan fingerprint density at radius 1 is 0.800 bits per heavy atom. The lowest BCUT2D eigenvalue weighted by Crippen LogP contribution is -2.49. The van der Waals surface area contributed by atoms with Crippen LogP contribution in [0.4, 0.5) is 10.1 Å². The van der Waals surface area contributed by atoms with Crippen LogP contribution < -0.4 is 14.4 Å². The van der Waals surface area contributed by atoms with Gasteiger partial charge in [-0.25, -0.2) is 4.39 Å². The van der Waals surface area contributed by atoms with Crippen LogP contribution in [0.2, 0.25) is 0 Å². The summed E-state index contributed by atoms with van der Waals surface area (Å²) in [5.41, 5.74) is 2.82. The number of anilines is 1. The van der Waals surface area contributed by atoms with Crippen molar-refractivity contribution in [3.8, 4) is 11.5 Å². The van der Waals surface area contributed by atoms with E-state index in [9.17, 15) is 9.18 Å². The summed E-state index contributed by atoms with van der Waals surface area (Å²) >= 11 is 0. The minimum absolute atomic E-state index is 0.145. The Labute approximate surface area is 234 Å². The Morgan fingerprint density at radius 2 is 1.50 bits per heavy atom. The summed E-state index contributed by atoms with van der Waals surface area (Å²) in [7, 11) is 3.25. The molecule has 0 saturated carbocycles. The van der Waals surface area contributed by atoms with Crippen LogP contribution in [0.5, 0.6) is 11.5 Å². The van der Waals surface area contributed by atoms with E-state index in [1.54, 1.807) is 37.3 Å². The lowest BCUT2D eigenvalue weighted by molar-refractivity contribution is 0.0710.